The molecule has 74 valence electrons. The Morgan fingerprint density at radius 2 is 2.54 bits per heavy atom. The van der Waals surface area contributed by atoms with Gasteiger partial charge in [-0.25, -0.2) is 5.48 Å². The molecule has 2 N–H and O–H groups in total. The number of amides is 2. The molecule has 0 saturated carbocycles. The van der Waals surface area contributed by atoms with Crippen LogP contribution in [0.5, 0.6) is 0 Å². The minimum absolute atomic E-state index is 0.0617. The summed E-state index contributed by atoms with van der Waals surface area (Å²) in [5.41, 5.74) is 2.18. The molecule has 0 bridgehead atoms. The van der Waals surface area contributed by atoms with Crippen LogP contribution in [0.4, 0.5) is 0 Å². The minimum atomic E-state index is -0.526. The second-order valence-electron chi connectivity index (χ2n) is 3.15. The predicted octanol–water partition coefficient (Wildman–Crippen LogP) is -0.421. The van der Waals surface area contributed by atoms with Crippen molar-refractivity contribution in [1.29, 1.82) is 0 Å². The van der Waals surface area contributed by atoms with Crippen molar-refractivity contribution in [3.05, 3.63) is 0 Å². The van der Waals surface area contributed by atoms with Crippen LogP contribution >= 0.6 is 0 Å². The first-order valence-electron chi connectivity index (χ1n) is 4.37. The lowest BCUT2D eigenvalue weighted by Crippen LogP contribution is -2.43. The fourth-order valence-corrected chi connectivity index (χ4v) is 0.950. The first kappa shape index (κ1) is 9.98. The zero-order valence-corrected chi connectivity index (χ0v) is 7.79. The minimum Gasteiger partial charge on any atom is -0.342 e. The average molecular weight is 186 g/mol. The molecule has 0 aliphatic carbocycles. The predicted molar refractivity (Wildman–Crippen MR) is 45.5 cm³/mol. The van der Waals surface area contributed by atoms with Gasteiger partial charge in [0.2, 0.25) is 5.91 Å². The Hall–Kier alpha value is -1.10. The molecule has 2 amide bonds. The largest absolute Gasteiger partial charge is 0.342 e. The lowest BCUT2D eigenvalue weighted by atomic mass is 10.1. The van der Waals surface area contributed by atoms with Crippen molar-refractivity contribution in [2.24, 2.45) is 5.92 Å². The van der Waals surface area contributed by atoms with E-state index in [0.717, 1.165) is 6.42 Å². The van der Waals surface area contributed by atoms with E-state index in [1.54, 1.807) is 0 Å². The summed E-state index contributed by atoms with van der Waals surface area (Å²) in [4.78, 5) is 27.0. The molecular weight excluding hydrogens is 172 g/mol. The van der Waals surface area contributed by atoms with Gasteiger partial charge in [0.25, 0.3) is 5.91 Å². The Morgan fingerprint density at radius 1 is 1.85 bits per heavy atom. The van der Waals surface area contributed by atoms with E-state index in [9.17, 15) is 9.59 Å². The molecule has 1 saturated heterocycles. The van der Waals surface area contributed by atoms with Crippen LogP contribution in [0.25, 0.3) is 0 Å². The number of hydroxylamine groups is 1. The molecule has 5 heteroatoms. The summed E-state index contributed by atoms with van der Waals surface area (Å²) in [5.74, 6) is -0.446. The van der Waals surface area contributed by atoms with Crippen LogP contribution in [-0.4, -0.2) is 24.5 Å². The molecule has 0 aromatic carbocycles. The topological polar surface area (TPSA) is 67.4 Å². The van der Waals surface area contributed by atoms with Crippen molar-refractivity contribution in [2.75, 3.05) is 6.61 Å². The molecule has 1 rings (SSSR count). The van der Waals surface area contributed by atoms with E-state index >= 15 is 0 Å². The Morgan fingerprint density at radius 3 is 3.00 bits per heavy atom. The second-order valence-corrected chi connectivity index (χ2v) is 3.15. The Labute approximate surface area is 76.8 Å². The molecular formula is C8H14N2O3. The second kappa shape index (κ2) is 4.23. The van der Waals surface area contributed by atoms with Crippen molar-refractivity contribution in [2.45, 2.75) is 26.3 Å². The van der Waals surface area contributed by atoms with Gasteiger partial charge in [0.05, 0.1) is 0 Å². The number of hydrogen-bond donors (Lipinski definition) is 2. The molecule has 1 aliphatic heterocycles. The van der Waals surface area contributed by atoms with Crippen molar-refractivity contribution in [3.8, 4) is 0 Å². The van der Waals surface area contributed by atoms with E-state index in [4.69, 9.17) is 0 Å². The summed E-state index contributed by atoms with van der Waals surface area (Å²) < 4.78 is 0. The summed E-state index contributed by atoms with van der Waals surface area (Å²) in [7, 11) is 0. The van der Waals surface area contributed by atoms with E-state index < -0.39 is 6.04 Å². The first-order valence-corrected chi connectivity index (χ1v) is 4.37. The van der Waals surface area contributed by atoms with Crippen LogP contribution in [0.2, 0.25) is 0 Å². The van der Waals surface area contributed by atoms with Gasteiger partial charge in [0.15, 0.2) is 0 Å². The van der Waals surface area contributed by atoms with Gasteiger partial charge in [-0.1, -0.05) is 13.8 Å². The van der Waals surface area contributed by atoms with Crippen molar-refractivity contribution in [1.82, 2.24) is 10.8 Å². The summed E-state index contributed by atoms with van der Waals surface area (Å²) in [6, 6.07) is -0.526. The van der Waals surface area contributed by atoms with Gasteiger partial charge in [0.1, 0.15) is 12.6 Å². The first-order chi connectivity index (χ1) is 6.15. The highest BCUT2D eigenvalue weighted by Gasteiger charge is 2.27. The van der Waals surface area contributed by atoms with Crippen molar-refractivity contribution in [3.63, 3.8) is 0 Å². The van der Waals surface area contributed by atoms with Crippen LogP contribution in [0.3, 0.4) is 0 Å². The lowest BCUT2D eigenvalue weighted by Gasteiger charge is -2.12. The highest BCUT2D eigenvalue weighted by Crippen LogP contribution is 2.02. The van der Waals surface area contributed by atoms with Gasteiger partial charge in [-0.3, -0.25) is 14.4 Å². The van der Waals surface area contributed by atoms with E-state index in [0.29, 0.717) is 0 Å². The molecule has 2 atom stereocenters. The lowest BCUT2D eigenvalue weighted by molar-refractivity contribution is -0.130. The highest BCUT2D eigenvalue weighted by atomic mass is 16.7. The maximum absolute atomic E-state index is 11.3. The number of nitrogens with one attached hydrogen (secondary N) is 2. The molecule has 1 aliphatic rings. The molecule has 0 radical (unpaired) electrons. The maximum atomic E-state index is 11.3. The van der Waals surface area contributed by atoms with Crippen LogP contribution in [0.15, 0.2) is 0 Å². The van der Waals surface area contributed by atoms with Gasteiger partial charge in [0, 0.05) is 5.92 Å². The van der Waals surface area contributed by atoms with E-state index in [1.165, 1.54) is 0 Å². The molecule has 1 fully saturated rings. The Bertz CT molecular complexity index is 217. The number of carbonyl (C=O) groups excluding carboxylic acids is 2. The summed E-state index contributed by atoms with van der Waals surface area (Å²) in [6.45, 7) is 3.96. The average Bonchev–Trinajstić information content (AvgIpc) is 2.50. The standard InChI is InChI=1S/C8H14N2O3/c1-3-5(2)7(11)9-6-4-13-10-8(6)12/h5-6H,3-4H2,1-2H3,(H,9,11)(H,10,12)/t5?,6-/m1/s1. The number of rotatable bonds is 3. The van der Waals surface area contributed by atoms with Gasteiger partial charge in [-0.2, -0.15) is 0 Å². The zero-order chi connectivity index (χ0) is 9.84. The monoisotopic (exact) mass is 186 g/mol. The number of hydrogen-bond acceptors (Lipinski definition) is 3. The van der Waals surface area contributed by atoms with Crippen LogP contribution in [-0.2, 0) is 14.4 Å². The Kier molecular flexibility index (Phi) is 3.25. The van der Waals surface area contributed by atoms with Crippen molar-refractivity contribution >= 4 is 11.8 Å². The quantitative estimate of drug-likeness (QED) is 0.629. The highest BCUT2D eigenvalue weighted by molar-refractivity contribution is 5.88. The third kappa shape index (κ3) is 2.42. The van der Waals surface area contributed by atoms with E-state index in [1.807, 2.05) is 13.8 Å². The fraction of sp³-hybridized carbons (Fsp3) is 0.750. The zero-order valence-electron chi connectivity index (χ0n) is 7.79. The molecule has 5 nitrogen and oxygen atoms in total. The molecule has 1 heterocycles. The maximum Gasteiger partial charge on any atom is 0.268 e. The van der Waals surface area contributed by atoms with Gasteiger partial charge in [-0.15, -0.1) is 0 Å². The van der Waals surface area contributed by atoms with Crippen LogP contribution in [0, 0.1) is 5.92 Å². The van der Waals surface area contributed by atoms with Gasteiger partial charge < -0.3 is 5.32 Å². The van der Waals surface area contributed by atoms with E-state index in [-0.39, 0.29) is 24.3 Å². The smallest absolute Gasteiger partial charge is 0.268 e. The third-order valence-corrected chi connectivity index (χ3v) is 2.12. The SMILES string of the molecule is CCC(C)C(=O)N[C@@H]1CONC1=O. The van der Waals surface area contributed by atoms with Crippen LogP contribution < -0.4 is 10.8 Å². The molecule has 0 spiro atoms. The summed E-state index contributed by atoms with van der Waals surface area (Å²) in [6.07, 6.45) is 0.765. The van der Waals surface area contributed by atoms with Gasteiger partial charge >= 0.3 is 0 Å². The van der Waals surface area contributed by atoms with Gasteiger partial charge in [-0.05, 0) is 6.42 Å². The Balaban J connectivity index is 2.39. The number of carbonyl (C=O) groups is 2. The molecule has 0 aromatic rings. The normalized spacial score (nSPS) is 23.8. The molecule has 1 unspecified atom stereocenters. The third-order valence-electron chi connectivity index (χ3n) is 2.12. The molecule has 0 aromatic heterocycles. The summed E-state index contributed by atoms with van der Waals surface area (Å²) in [5, 5.41) is 2.60. The van der Waals surface area contributed by atoms with Crippen LogP contribution in [0.1, 0.15) is 20.3 Å². The molecule has 13 heavy (non-hydrogen) atoms. The summed E-state index contributed by atoms with van der Waals surface area (Å²) >= 11 is 0. The van der Waals surface area contributed by atoms with E-state index in [2.05, 4.69) is 15.6 Å². The van der Waals surface area contributed by atoms with Crippen molar-refractivity contribution < 1.29 is 14.4 Å². The fourth-order valence-electron chi connectivity index (χ4n) is 0.950.